The van der Waals surface area contributed by atoms with Crippen LogP contribution >= 0.6 is 11.3 Å². The molecule has 2 rings (SSSR count). The third-order valence-corrected chi connectivity index (χ3v) is 4.40. The minimum atomic E-state index is -4.32. The molecule has 0 radical (unpaired) electrons. The van der Waals surface area contributed by atoms with Crippen LogP contribution in [0.4, 0.5) is 13.2 Å². The molecule has 0 aliphatic carbocycles. The lowest BCUT2D eigenvalue weighted by Crippen LogP contribution is -2.05. The van der Waals surface area contributed by atoms with Crippen molar-refractivity contribution in [3.63, 3.8) is 0 Å². The van der Waals surface area contributed by atoms with E-state index in [0.717, 1.165) is 23.4 Å². The van der Waals surface area contributed by atoms with E-state index in [9.17, 15) is 18.3 Å². The molecule has 0 saturated heterocycles. The first-order chi connectivity index (χ1) is 9.40. The number of rotatable bonds is 4. The third-order valence-electron chi connectivity index (χ3n) is 3.07. The second kappa shape index (κ2) is 5.97. The molecule has 1 heterocycles. The van der Waals surface area contributed by atoms with Crippen LogP contribution in [0.2, 0.25) is 0 Å². The topological polar surface area (TPSA) is 20.2 Å². The molecule has 1 N–H and O–H groups in total. The Bertz CT molecular complexity index is 557. The lowest BCUT2D eigenvalue weighted by atomic mass is 10.0. The third kappa shape index (κ3) is 3.61. The number of hydrogen-bond donors (Lipinski definition) is 1. The van der Waals surface area contributed by atoms with Crippen molar-refractivity contribution in [2.24, 2.45) is 0 Å². The van der Waals surface area contributed by atoms with E-state index in [1.165, 1.54) is 28.3 Å². The van der Waals surface area contributed by atoms with Crippen LogP contribution in [0.25, 0.3) is 0 Å². The first kappa shape index (κ1) is 15.1. The fourth-order valence-corrected chi connectivity index (χ4v) is 2.86. The number of thiophene rings is 1. The Morgan fingerprint density at radius 1 is 1.10 bits per heavy atom. The van der Waals surface area contributed by atoms with Gasteiger partial charge in [0.05, 0.1) is 11.7 Å². The van der Waals surface area contributed by atoms with E-state index < -0.39 is 17.8 Å². The molecule has 1 atom stereocenters. The zero-order valence-electron chi connectivity index (χ0n) is 10.9. The summed E-state index contributed by atoms with van der Waals surface area (Å²) >= 11 is 1.54. The van der Waals surface area contributed by atoms with Gasteiger partial charge in [-0.3, -0.25) is 0 Å². The van der Waals surface area contributed by atoms with E-state index in [1.54, 1.807) is 0 Å². The molecule has 0 saturated carbocycles. The summed E-state index contributed by atoms with van der Waals surface area (Å²) in [4.78, 5) is 2.04. The van der Waals surface area contributed by atoms with Crippen LogP contribution in [0, 0.1) is 0 Å². The monoisotopic (exact) mass is 300 g/mol. The van der Waals surface area contributed by atoms with Gasteiger partial charge in [-0.2, -0.15) is 13.2 Å². The van der Waals surface area contributed by atoms with E-state index in [0.29, 0.717) is 12.0 Å². The molecule has 108 valence electrons. The highest BCUT2D eigenvalue weighted by molar-refractivity contribution is 7.12. The Morgan fingerprint density at radius 2 is 1.75 bits per heavy atom. The molecule has 20 heavy (non-hydrogen) atoms. The van der Waals surface area contributed by atoms with Crippen molar-refractivity contribution in [3.8, 4) is 0 Å². The lowest BCUT2D eigenvalue weighted by Gasteiger charge is -2.10. The fourth-order valence-electron chi connectivity index (χ4n) is 1.92. The normalized spacial score (nSPS) is 13.4. The van der Waals surface area contributed by atoms with Gasteiger partial charge < -0.3 is 5.11 Å². The number of aliphatic hydroxyl groups is 1. The van der Waals surface area contributed by atoms with Crippen molar-refractivity contribution in [2.45, 2.75) is 32.0 Å². The van der Waals surface area contributed by atoms with Crippen LogP contribution in [0.1, 0.15) is 33.9 Å². The molecule has 1 unspecified atom stereocenters. The smallest absolute Gasteiger partial charge is 0.387 e. The van der Waals surface area contributed by atoms with Gasteiger partial charge in [-0.1, -0.05) is 19.1 Å². The minimum Gasteiger partial charge on any atom is -0.387 e. The second-order valence-corrected chi connectivity index (χ2v) is 5.77. The number of benzene rings is 1. The number of alkyl halides is 3. The molecular formula is C15H15F3OS. The first-order valence-corrected chi connectivity index (χ1v) is 7.14. The van der Waals surface area contributed by atoms with Gasteiger partial charge in [0, 0.05) is 16.2 Å². The first-order valence-electron chi connectivity index (χ1n) is 6.33. The average Bonchev–Trinajstić information content (AvgIpc) is 2.87. The Kier molecular flexibility index (Phi) is 4.50. The van der Waals surface area contributed by atoms with Gasteiger partial charge in [0.25, 0.3) is 0 Å². The molecule has 0 amide bonds. The summed E-state index contributed by atoms with van der Waals surface area (Å²) in [6.45, 7) is 2.04. The average molecular weight is 300 g/mol. The van der Waals surface area contributed by atoms with Crippen molar-refractivity contribution < 1.29 is 18.3 Å². The highest BCUT2D eigenvalue weighted by atomic mass is 32.1. The highest BCUT2D eigenvalue weighted by Crippen LogP contribution is 2.30. The molecule has 1 aromatic carbocycles. The number of halogens is 3. The van der Waals surface area contributed by atoms with Gasteiger partial charge in [0.2, 0.25) is 0 Å². The highest BCUT2D eigenvalue weighted by Gasteiger charge is 2.30. The molecule has 1 aromatic heterocycles. The van der Waals surface area contributed by atoms with Gasteiger partial charge in [-0.15, -0.1) is 11.3 Å². The number of hydrogen-bond acceptors (Lipinski definition) is 2. The summed E-state index contributed by atoms with van der Waals surface area (Å²) in [5.41, 5.74) is 0.0251. The maximum absolute atomic E-state index is 12.4. The van der Waals surface area contributed by atoms with Gasteiger partial charge in [-0.25, -0.2) is 0 Å². The molecular weight excluding hydrogens is 285 g/mol. The maximum atomic E-state index is 12.4. The summed E-state index contributed by atoms with van der Waals surface area (Å²) in [6.07, 6.45) is -3.75. The van der Waals surface area contributed by atoms with Gasteiger partial charge in [0.15, 0.2) is 0 Å². The summed E-state index contributed by atoms with van der Waals surface area (Å²) in [5.74, 6) is 0. The SMILES string of the molecule is CCc1ccc(C(O)Cc2ccc(C(F)(F)F)cc2)s1. The van der Waals surface area contributed by atoms with Gasteiger partial charge in [0.1, 0.15) is 0 Å². The molecule has 0 fully saturated rings. The van der Waals surface area contributed by atoms with Crippen LogP contribution in [-0.4, -0.2) is 5.11 Å². The van der Waals surface area contributed by atoms with Gasteiger partial charge in [-0.05, 0) is 36.2 Å². The van der Waals surface area contributed by atoms with E-state index in [-0.39, 0.29) is 0 Å². The predicted octanol–water partition coefficient (Wildman–Crippen LogP) is 4.61. The van der Waals surface area contributed by atoms with Crippen LogP contribution in [-0.2, 0) is 19.0 Å². The molecule has 2 aromatic rings. The van der Waals surface area contributed by atoms with Crippen molar-refractivity contribution in [3.05, 3.63) is 57.3 Å². The second-order valence-electron chi connectivity index (χ2n) is 4.57. The molecule has 5 heteroatoms. The summed E-state index contributed by atoms with van der Waals surface area (Å²) < 4.78 is 37.3. The standard InChI is InChI=1S/C15H15F3OS/c1-2-12-7-8-14(20-12)13(19)9-10-3-5-11(6-4-10)15(16,17)18/h3-8,13,19H,2,9H2,1H3. The maximum Gasteiger partial charge on any atom is 0.416 e. The quantitative estimate of drug-likeness (QED) is 0.874. The predicted molar refractivity (Wildman–Crippen MR) is 73.8 cm³/mol. The van der Waals surface area contributed by atoms with Crippen LogP contribution in [0.3, 0.4) is 0 Å². The van der Waals surface area contributed by atoms with Gasteiger partial charge >= 0.3 is 6.18 Å². The van der Waals surface area contributed by atoms with Crippen LogP contribution in [0.15, 0.2) is 36.4 Å². The number of aliphatic hydroxyl groups excluding tert-OH is 1. The van der Waals surface area contributed by atoms with Crippen LogP contribution in [0.5, 0.6) is 0 Å². The molecule has 1 nitrogen and oxygen atoms in total. The van der Waals surface area contributed by atoms with Crippen molar-refractivity contribution in [1.82, 2.24) is 0 Å². The van der Waals surface area contributed by atoms with Crippen molar-refractivity contribution in [2.75, 3.05) is 0 Å². The molecule has 0 aliphatic heterocycles. The lowest BCUT2D eigenvalue weighted by molar-refractivity contribution is -0.137. The fraction of sp³-hybridized carbons (Fsp3) is 0.333. The molecule has 0 aliphatic rings. The minimum absolute atomic E-state index is 0.321. The summed E-state index contributed by atoms with van der Waals surface area (Å²) in [5, 5.41) is 10.1. The van der Waals surface area contributed by atoms with Crippen LogP contribution < -0.4 is 0 Å². The largest absolute Gasteiger partial charge is 0.416 e. The zero-order valence-corrected chi connectivity index (χ0v) is 11.8. The van der Waals surface area contributed by atoms with E-state index in [4.69, 9.17) is 0 Å². The van der Waals surface area contributed by atoms with Crippen molar-refractivity contribution >= 4 is 11.3 Å². The van der Waals surface area contributed by atoms with E-state index in [1.807, 2.05) is 19.1 Å². The molecule has 0 bridgehead atoms. The Morgan fingerprint density at radius 3 is 2.25 bits per heavy atom. The van der Waals surface area contributed by atoms with E-state index in [2.05, 4.69) is 0 Å². The summed E-state index contributed by atoms with van der Waals surface area (Å²) in [6, 6.07) is 8.77. The zero-order chi connectivity index (χ0) is 14.8. The number of aryl methyl sites for hydroxylation is 1. The summed E-state index contributed by atoms with van der Waals surface area (Å²) in [7, 11) is 0. The Hall–Kier alpha value is -1.33. The Labute approximate surface area is 119 Å². The Balaban J connectivity index is 2.06. The molecule has 0 spiro atoms. The van der Waals surface area contributed by atoms with Crippen molar-refractivity contribution in [1.29, 1.82) is 0 Å². The van der Waals surface area contributed by atoms with E-state index >= 15 is 0 Å².